The summed E-state index contributed by atoms with van der Waals surface area (Å²) < 4.78 is 6.11. The third-order valence-electron chi connectivity index (χ3n) is 4.50. The first kappa shape index (κ1) is 12.7. The van der Waals surface area contributed by atoms with Gasteiger partial charge in [0.1, 0.15) is 11.3 Å². The van der Waals surface area contributed by atoms with Gasteiger partial charge in [-0.3, -0.25) is 0 Å². The van der Waals surface area contributed by atoms with Gasteiger partial charge in [-0.05, 0) is 50.9 Å². The molecule has 2 nitrogen and oxygen atoms in total. The molecule has 1 fully saturated rings. The lowest BCUT2D eigenvalue weighted by molar-refractivity contribution is 0.370. The highest BCUT2D eigenvalue weighted by atomic mass is 16.3. The molecular formula is C17H23NO. The summed E-state index contributed by atoms with van der Waals surface area (Å²) in [7, 11) is 0. The molecule has 1 aliphatic carbocycles. The van der Waals surface area contributed by atoms with E-state index in [1.165, 1.54) is 30.2 Å². The average molecular weight is 257 g/mol. The van der Waals surface area contributed by atoms with Gasteiger partial charge in [0.2, 0.25) is 0 Å². The van der Waals surface area contributed by atoms with Crippen LogP contribution < -0.4 is 5.32 Å². The van der Waals surface area contributed by atoms with Gasteiger partial charge in [0, 0.05) is 16.8 Å². The first-order valence-corrected chi connectivity index (χ1v) is 7.35. The smallest absolute Gasteiger partial charge is 0.134 e. The van der Waals surface area contributed by atoms with Crippen molar-refractivity contribution in [2.45, 2.75) is 51.5 Å². The number of aryl methyl sites for hydroxylation is 1. The normalized spacial score (nSPS) is 27.2. The summed E-state index contributed by atoms with van der Waals surface area (Å²) in [6.45, 7) is 7.71. The molecule has 3 rings (SSSR count). The fourth-order valence-corrected chi connectivity index (χ4v) is 3.39. The molecule has 2 heteroatoms. The number of rotatable bonds is 3. The number of hydrogen-bond acceptors (Lipinski definition) is 2. The van der Waals surface area contributed by atoms with Crippen molar-refractivity contribution in [2.24, 2.45) is 0 Å². The van der Waals surface area contributed by atoms with Crippen molar-refractivity contribution in [2.75, 3.05) is 6.54 Å². The van der Waals surface area contributed by atoms with Gasteiger partial charge in [0.15, 0.2) is 0 Å². The van der Waals surface area contributed by atoms with Crippen LogP contribution in [0.15, 0.2) is 28.7 Å². The fraction of sp³-hybridized carbons (Fsp3) is 0.529. The van der Waals surface area contributed by atoms with E-state index in [2.05, 4.69) is 50.4 Å². The second-order valence-electron chi connectivity index (χ2n) is 6.21. The molecule has 1 aromatic heterocycles. The van der Waals surface area contributed by atoms with Crippen molar-refractivity contribution in [1.29, 1.82) is 0 Å². The SMILES string of the molecule is CCNC1CCC(C)(c2cc3cc(C)ccc3o2)C1. The highest BCUT2D eigenvalue weighted by Crippen LogP contribution is 2.42. The zero-order valence-corrected chi connectivity index (χ0v) is 12.1. The molecule has 0 spiro atoms. The largest absolute Gasteiger partial charge is 0.460 e. The predicted molar refractivity (Wildman–Crippen MR) is 79.6 cm³/mol. The number of nitrogens with one attached hydrogen (secondary N) is 1. The Morgan fingerprint density at radius 3 is 3.00 bits per heavy atom. The highest BCUT2D eigenvalue weighted by Gasteiger charge is 2.38. The summed E-state index contributed by atoms with van der Waals surface area (Å²) in [5, 5.41) is 4.81. The molecular weight excluding hydrogens is 234 g/mol. The molecule has 0 bridgehead atoms. The van der Waals surface area contributed by atoms with Crippen LogP contribution in [0.25, 0.3) is 11.0 Å². The van der Waals surface area contributed by atoms with Crippen LogP contribution >= 0.6 is 0 Å². The van der Waals surface area contributed by atoms with Gasteiger partial charge in [0.05, 0.1) is 0 Å². The van der Waals surface area contributed by atoms with Gasteiger partial charge in [-0.25, -0.2) is 0 Å². The topological polar surface area (TPSA) is 25.2 Å². The minimum absolute atomic E-state index is 0.194. The lowest BCUT2D eigenvalue weighted by atomic mass is 9.85. The summed E-state index contributed by atoms with van der Waals surface area (Å²) in [5.74, 6) is 1.16. The van der Waals surface area contributed by atoms with Crippen LogP contribution in [0.4, 0.5) is 0 Å². The Morgan fingerprint density at radius 1 is 1.37 bits per heavy atom. The van der Waals surface area contributed by atoms with Crippen LogP contribution in [-0.4, -0.2) is 12.6 Å². The minimum atomic E-state index is 0.194. The maximum Gasteiger partial charge on any atom is 0.134 e. The first-order chi connectivity index (χ1) is 9.10. The maximum absolute atomic E-state index is 6.11. The van der Waals surface area contributed by atoms with Crippen LogP contribution in [0.2, 0.25) is 0 Å². The molecule has 2 unspecified atom stereocenters. The molecule has 0 aliphatic heterocycles. The van der Waals surface area contributed by atoms with Crippen molar-refractivity contribution < 1.29 is 4.42 Å². The quantitative estimate of drug-likeness (QED) is 0.893. The monoisotopic (exact) mass is 257 g/mol. The summed E-state index contributed by atoms with van der Waals surface area (Å²) in [6.07, 6.45) is 3.64. The van der Waals surface area contributed by atoms with Gasteiger partial charge in [-0.2, -0.15) is 0 Å². The molecule has 1 aromatic carbocycles. The van der Waals surface area contributed by atoms with E-state index in [4.69, 9.17) is 4.42 Å². The Labute approximate surface area is 115 Å². The molecule has 1 saturated carbocycles. The average Bonchev–Trinajstić information content (AvgIpc) is 2.94. The van der Waals surface area contributed by atoms with Crippen molar-refractivity contribution in [3.63, 3.8) is 0 Å². The van der Waals surface area contributed by atoms with E-state index in [1.54, 1.807) is 0 Å². The molecule has 102 valence electrons. The van der Waals surface area contributed by atoms with Gasteiger partial charge >= 0.3 is 0 Å². The summed E-state index contributed by atoms with van der Waals surface area (Å²) in [6, 6.07) is 9.31. The Kier molecular flexibility index (Phi) is 3.14. The third-order valence-corrected chi connectivity index (χ3v) is 4.50. The van der Waals surface area contributed by atoms with Crippen molar-refractivity contribution in [3.8, 4) is 0 Å². The van der Waals surface area contributed by atoms with Crippen LogP contribution in [0.1, 0.15) is 44.4 Å². The molecule has 2 atom stereocenters. The van der Waals surface area contributed by atoms with Crippen molar-refractivity contribution in [3.05, 3.63) is 35.6 Å². The summed E-state index contributed by atoms with van der Waals surface area (Å²) >= 11 is 0. The molecule has 19 heavy (non-hydrogen) atoms. The Morgan fingerprint density at radius 2 is 2.21 bits per heavy atom. The Bertz CT molecular complexity index is 586. The second-order valence-corrected chi connectivity index (χ2v) is 6.21. The van der Waals surface area contributed by atoms with Crippen LogP contribution in [0, 0.1) is 6.92 Å². The zero-order chi connectivity index (χ0) is 13.5. The van der Waals surface area contributed by atoms with E-state index in [-0.39, 0.29) is 5.41 Å². The lowest BCUT2D eigenvalue weighted by Crippen LogP contribution is -2.28. The number of furan rings is 1. The van der Waals surface area contributed by atoms with Crippen LogP contribution in [0.3, 0.4) is 0 Å². The molecule has 1 aliphatic rings. The van der Waals surface area contributed by atoms with E-state index in [9.17, 15) is 0 Å². The standard InChI is InChI=1S/C17H23NO/c1-4-18-14-7-8-17(3,11-14)16-10-13-9-12(2)5-6-15(13)19-16/h5-6,9-10,14,18H,4,7-8,11H2,1-3H3. The molecule has 0 radical (unpaired) electrons. The molecule has 2 aromatic rings. The van der Waals surface area contributed by atoms with Gasteiger partial charge in [-0.1, -0.05) is 25.5 Å². The van der Waals surface area contributed by atoms with E-state index < -0.39 is 0 Å². The van der Waals surface area contributed by atoms with Crippen LogP contribution in [0.5, 0.6) is 0 Å². The van der Waals surface area contributed by atoms with Crippen molar-refractivity contribution in [1.82, 2.24) is 5.32 Å². The predicted octanol–water partition coefficient (Wildman–Crippen LogP) is 4.16. The molecule has 1 heterocycles. The molecule has 1 N–H and O–H groups in total. The molecule has 0 saturated heterocycles. The first-order valence-electron chi connectivity index (χ1n) is 7.35. The highest BCUT2D eigenvalue weighted by molar-refractivity contribution is 5.79. The minimum Gasteiger partial charge on any atom is -0.460 e. The lowest BCUT2D eigenvalue weighted by Gasteiger charge is -2.21. The van der Waals surface area contributed by atoms with Gasteiger partial charge in [0.25, 0.3) is 0 Å². The van der Waals surface area contributed by atoms with E-state index in [0.717, 1.165) is 17.9 Å². The van der Waals surface area contributed by atoms with Gasteiger partial charge < -0.3 is 9.73 Å². The van der Waals surface area contributed by atoms with E-state index >= 15 is 0 Å². The van der Waals surface area contributed by atoms with Gasteiger partial charge in [-0.15, -0.1) is 0 Å². The Hall–Kier alpha value is -1.28. The fourth-order valence-electron chi connectivity index (χ4n) is 3.39. The number of hydrogen-bond donors (Lipinski definition) is 1. The van der Waals surface area contributed by atoms with E-state index in [1.807, 2.05) is 0 Å². The maximum atomic E-state index is 6.11. The second kappa shape index (κ2) is 4.68. The Balaban J connectivity index is 1.91. The van der Waals surface area contributed by atoms with Crippen molar-refractivity contribution >= 4 is 11.0 Å². The summed E-state index contributed by atoms with van der Waals surface area (Å²) in [5.41, 5.74) is 2.51. The summed E-state index contributed by atoms with van der Waals surface area (Å²) in [4.78, 5) is 0. The zero-order valence-electron chi connectivity index (χ0n) is 12.1. The number of fused-ring (bicyclic) bond motifs is 1. The number of benzene rings is 1. The van der Waals surface area contributed by atoms with Crippen LogP contribution in [-0.2, 0) is 5.41 Å². The molecule has 0 amide bonds. The third kappa shape index (κ3) is 2.30. The van der Waals surface area contributed by atoms with E-state index in [0.29, 0.717) is 6.04 Å².